The van der Waals surface area contributed by atoms with Crippen LogP contribution in [-0.2, 0) is 0 Å². The first-order valence-corrected chi connectivity index (χ1v) is 12.2. The number of anilines is 1. The fourth-order valence-corrected chi connectivity index (χ4v) is 5.10. The lowest BCUT2D eigenvalue weighted by Crippen LogP contribution is -2.53. The van der Waals surface area contributed by atoms with Gasteiger partial charge in [0.15, 0.2) is 5.78 Å². The molecule has 3 aromatic rings. The van der Waals surface area contributed by atoms with Gasteiger partial charge < -0.3 is 9.80 Å². The number of halogens is 2. The summed E-state index contributed by atoms with van der Waals surface area (Å²) in [5.74, 6) is 0.00636. The summed E-state index contributed by atoms with van der Waals surface area (Å²) in [6, 6.07) is 13.1. The van der Waals surface area contributed by atoms with Crippen LogP contribution in [0.25, 0.3) is 0 Å². The lowest BCUT2D eigenvalue weighted by Gasteiger charge is -2.41. The minimum absolute atomic E-state index is 0.0540. The van der Waals surface area contributed by atoms with Crippen LogP contribution in [0.4, 0.5) is 5.69 Å². The van der Waals surface area contributed by atoms with E-state index < -0.39 is 0 Å². The van der Waals surface area contributed by atoms with Gasteiger partial charge in [0, 0.05) is 59.2 Å². The van der Waals surface area contributed by atoms with E-state index in [1.807, 2.05) is 29.2 Å². The van der Waals surface area contributed by atoms with Gasteiger partial charge in [-0.25, -0.2) is 4.98 Å². The Morgan fingerprint density at radius 1 is 1.12 bits per heavy atom. The van der Waals surface area contributed by atoms with Crippen molar-refractivity contribution in [2.45, 2.75) is 17.9 Å². The first-order valence-electron chi connectivity index (χ1n) is 10.5. The van der Waals surface area contributed by atoms with Crippen LogP contribution in [0.15, 0.2) is 66.0 Å². The van der Waals surface area contributed by atoms with Crippen LogP contribution in [0.5, 0.6) is 0 Å². The van der Waals surface area contributed by atoms with Gasteiger partial charge in [0.2, 0.25) is 0 Å². The zero-order chi connectivity index (χ0) is 23.4. The van der Waals surface area contributed by atoms with Gasteiger partial charge in [-0.15, -0.1) is 11.8 Å². The summed E-state index contributed by atoms with van der Waals surface area (Å²) in [4.78, 5) is 38.1. The normalized spacial score (nSPS) is 16.0. The molecule has 1 amide bonds. The van der Waals surface area contributed by atoms with Crippen molar-refractivity contribution in [2.24, 2.45) is 0 Å². The highest BCUT2D eigenvalue weighted by Crippen LogP contribution is 2.30. The molecular formula is C24H22Cl2N4O2S. The second-order valence-corrected chi connectivity index (χ2v) is 9.58. The van der Waals surface area contributed by atoms with E-state index in [1.165, 1.54) is 30.4 Å². The molecule has 1 aliphatic rings. The Morgan fingerprint density at radius 3 is 2.67 bits per heavy atom. The van der Waals surface area contributed by atoms with Gasteiger partial charge in [0.05, 0.1) is 17.0 Å². The molecule has 0 unspecified atom stereocenters. The van der Waals surface area contributed by atoms with E-state index in [-0.39, 0.29) is 23.5 Å². The van der Waals surface area contributed by atoms with Crippen molar-refractivity contribution in [1.29, 1.82) is 0 Å². The average Bonchev–Trinajstić information content (AvgIpc) is 2.83. The first kappa shape index (κ1) is 23.5. The zero-order valence-electron chi connectivity index (χ0n) is 17.9. The van der Waals surface area contributed by atoms with Crippen molar-refractivity contribution in [2.75, 3.05) is 30.3 Å². The molecule has 1 aliphatic heterocycles. The topological polar surface area (TPSA) is 66.4 Å². The van der Waals surface area contributed by atoms with Crippen LogP contribution in [0.2, 0.25) is 10.0 Å². The Hall–Kier alpha value is -2.61. The quantitative estimate of drug-likeness (QED) is 0.346. The molecular weight excluding hydrogens is 479 g/mol. The minimum atomic E-state index is -0.129. The van der Waals surface area contributed by atoms with Crippen molar-refractivity contribution in [3.63, 3.8) is 0 Å². The van der Waals surface area contributed by atoms with Crippen LogP contribution in [0.1, 0.15) is 27.8 Å². The molecule has 1 fully saturated rings. The number of Topliss-reactive ketones (excluding diaryl/α,β-unsaturated/α-hetero) is 1. The molecule has 1 aromatic heterocycles. The van der Waals surface area contributed by atoms with Crippen molar-refractivity contribution in [3.05, 3.63) is 82.4 Å². The van der Waals surface area contributed by atoms with Crippen LogP contribution in [0, 0.1) is 0 Å². The number of hydrogen-bond acceptors (Lipinski definition) is 6. The largest absolute Gasteiger partial charge is 0.365 e. The molecule has 1 atom stereocenters. The van der Waals surface area contributed by atoms with E-state index in [1.54, 1.807) is 18.2 Å². The smallest absolute Gasteiger partial charge is 0.254 e. The summed E-state index contributed by atoms with van der Waals surface area (Å²) in [6.45, 7) is 4.03. The van der Waals surface area contributed by atoms with Crippen molar-refractivity contribution in [1.82, 2.24) is 14.9 Å². The number of carbonyl (C=O) groups excluding carboxylic acids is 2. The van der Waals surface area contributed by atoms with Gasteiger partial charge >= 0.3 is 0 Å². The van der Waals surface area contributed by atoms with E-state index in [9.17, 15) is 9.59 Å². The van der Waals surface area contributed by atoms with Gasteiger partial charge in [-0.1, -0.05) is 29.3 Å². The molecule has 0 aliphatic carbocycles. The Kier molecular flexibility index (Phi) is 7.53. The van der Waals surface area contributed by atoms with Gasteiger partial charge in [0.1, 0.15) is 5.69 Å². The van der Waals surface area contributed by atoms with Gasteiger partial charge in [-0.05, 0) is 43.3 Å². The second kappa shape index (κ2) is 10.5. The van der Waals surface area contributed by atoms with Gasteiger partial charge in [0.25, 0.3) is 5.91 Å². The maximum absolute atomic E-state index is 13.1. The predicted molar refractivity (Wildman–Crippen MR) is 133 cm³/mol. The third kappa shape index (κ3) is 5.66. The summed E-state index contributed by atoms with van der Waals surface area (Å²) in [5.41, 5.74) is 1.91. The maximum Gasteiger partial charge on any atom is 0.254 e. The second-order valence-electron chi connectivity index (χ2n) is 7.72. The molecule has 33 heavy (non-hydrogen) atoms. The molecule has 0 spiro atoms. The highest BCUT2D eigenvalue weighted by Gasteiger charge is 2.28. The summed E-state index contributed by atoms with van der Waals surface area (Å²) in [5, 5.41) is 1.15. The van der Waals surface area contributed by atoms with Crippen molar-refractivity contribution in [3.8, 4) is 0 Å². The fraction of sp³-hybridized carbons (Fsp3) is 0.250. The van der Waals surface area contributed by atoms with Gasteiger partial charge in [-0.3, -0.25) is 14.6 Å². The maximum atomic E-state index is 13.1. The van der Waals surface area contributed by atoms with E-state index in [4.69, 9.17) is 23.2 Å². The summed E-state index contributed by atoms with van der Waals surface area (Å²) >= 11 is 13.9. The van der Waals surface area contributed by atoms with Crippen LogP contribution < -0.4 is 4.90 Å². The molecule has 0 saturated carbocycles. The lowest BCUT2D eigenvalue weighted by atomic mass is 10.1. The number of benzene rings is 2. The predicted octanol–water partition coefficient (Wildman–Crippen LogP) is 5.11. The molecule has 0 bridgehead atoms. The molecule has 0 N–H and O–H groups in total. The molecule has 1 saturated heterocycles. The first-order chi connectivity index (χ1) is 15.9. The summed E-state index contributed by atoms with van der Waals surface area (Å²) in [7, 11) is 0. The Bertz CT molecular complexity index is 1160. The van der Waals surface area contributed by atoms with Crippen LogP contribution in [0.3, 0.4) is 0 Å². The van der Waals surface area contributed by atoms with E-state index in [0.29, 0.717) is 34.4 Å². The number of rotatable bonds is 6. The molecule has 6 nitrogen and oxygen atoms in total. The number of amides is 1. The van der Waals surface area contributed by atoms with E-state index >= 15 is 0 Å². The summed E-state index contributed by atoms with van der Waals surface area (Å²) in [6.07, 6.45) is 4.45. The zero-order valence-corrected chi connectivity index (χ0v) is 20.3. The fourth-order valence-electron chi connectivity index (χ4n) is 3.77. The number of carbonyl (C=O) groups is 2. The third-order valence-electron chi connectivity index (χ3n) is 5.44. The number of nitrogens with zero attached hydrogens (tertiary/aromatic N) is 4. The molecule has 9 heteroatoms. The lowest BCUT2D eigenvalue weighted by molar-refractivity contribution is 0.0726. The summed E-state index contributed by atoms with van der Waals surface area (Å²) < 4.78 is 0. The van der Waals surface area contributed by atoms with E-state index in [0.717, 1.165) is 17.1 Å². The molecule has 4 rings (SSSR count). The highest BCUT2D eigenvalue weighted by molar-refractivity contribution is 8.00. The Labute approximate surface area is 206 Å². The Morgan fingerprint density at radius 2 is 1.97 bits per heavy atom. The minimum Gasteiger partial charge on any atom is -0.365 e. The van der Waals surface area contributed by atoms with Crippen LogP contribution >= 0.6 is 35.0 Å². The van der Waals surface area contributed by atoms with Crippen molar-refractivity contribution >= 4 is 52.3 Å². The average molecular weight is 501 g/mol. The highest BCUT2D eigenvalue weighted by atomic mass is 35.5. The molecule has 2 aromatic carbocycles. The third-order valence-corrected chi connectivity index (χ3v) is 7.17. The van der Waals surface area contributed by atoms with Crippen molar-refractivity contribution < 1.29 is 9.59 Å². The number of thioether (sulfide) groups is 1. The molecule has 170 valence electrons. The van der Waals surface area contributed by atoms with E-state index in [2.05, 4.69) is 21.8 Å². The molecule has 0 radical (unpaired) electrons. The number of piperazine rings is 1. The molecule has 2 heterocycles. The SMILES string of the molecule is C[C@H]1CN(C(=O)c2ccc(SCC(=O)c3cnccn3)c(Cl)c2)CCN1c1cccc(Cl)c1. The standard InChI is InChI=1S/C24H22Cl2N4O2S/c1-16-14-29(9-10-30(16)19-4-2-3-18(25)12-19)24(32)17-5-6-23(20(26)11-17)33-15-22(31)21-13-27-7-8-28-21/h2-8,11-13,16H,9-10,14-15H2,1H3/t16-/m0/s1. The monoisotopic (exact) mass is 500 g/mol. The Balaban J connectivity index is 1.38. The van der Waals surface area contributed by atoms with Crippen LogP contribution in [-0.4, -0.2) is 58.0 Å². The number of ketones is 1. The van der Waals surface area contributed by atoms with Gasteiger partial charge in [-0.2, -0.15) is 0 Å². The number of hydrogen-bond donors (Lipinski definition) is 0. The number of aromatic nitrogens is 2.